The third-order valence-electron chi connectivity index (χ3n) is 3.62. The molecule has 3 heterocycles. The fourth-order valence-corrected chi connectivity index (χ4v) is 3.29. The van der Waals surface area contributed by atoms with Crippen molar-refractivity contribution in [2.45, 2.75) is 52.0 Å². The first-order valence-corrected chi connectivity index (χ1v) is 7.91. The number of hydrogen-bond acceptors (Lipinski definition) is 6. The minimum atomic E-state index is 0.246. The Morgan fingerprint density at radius 1 is 1.30 bits per heavy atom. The zero-order chi connectivity index (χ0) is 14.1. The topological polar surface area (TPSA) is 70.6 Å². The Morgan fingerprint density at radius 2 is 2.15 bits per heavy atom. The van der Waals surface area contributed by atoms with E-state index in [1.807, 2.05) is 6.92 Å². The van der Waals surface area contributed by atoms with E-state index in [2.05, 4.69) is 43.3 Å². The van der Waals surface area contributed by atoms with E-state index in [1.54, 1.807) is 0 Å². The molecule has 0 aliphatic carbocycles. The van der Waals surface area contributed by atoms with Gasteiger partial charge in [-0.2, -0.15) is 9.47 Å². The van der Waals surface area contributed by atoms with Crippen LogP contribution in [0.3, 0.4) is 0 Å². The van der Waals surface area contributed by atoms with Crippen LogP contribution in [0.25, 0.3) is 0 Å². The summed E-state index contributed by atoms with van der Waals surface area (Å²) in [6, 6.07) is 0.246. The van der Waals surface area contributed by atoms with Crippen molar-refractivity contribution in [3.05, 3.63) is 17.5 Å². The van der Waals surface area contributed by atoms with Crippen LogP contribution >= 0.6 is 11.5 Å². The summed E-state index contributed by atoms with van der Waals surface area (Å²) in [4.78, 5) is 11.5. The Bertz CT molecular complexity index is 575. The van der Waals surface area contributed by atoms with Crippen LogP contribution in [0, 0.1) is 6.92 Å². The molecule has 1 N–H and O–H groups in total. The molecule has 0 aromatic carbocycles. The molecule has 0 bridgehead atoms. The molecule has 3 rings (SSSR count). The van der Waals surface area contributed by atoms with Gasteiger partial charge in [-0.1, -0.05) is 13.8 Å². The molecule has 0 amide bonds. The molecule has 6 nitrogen and oxygen atoms in total. The molecule has 1 atom stereocenters. The van der Waals surface area contributed by atoms with E-state index in [-0.39, 0.29) is 6.04 Å². The van der Waals surface area contributed by atoms with Gasteiger partial charge in [-0.3, -0.25) is 5.10 Å². The Morgan fingerprint density at radius 3 is 2.80 bits per heavy atom. The van der Waals surface area contributed by atoms with Crippen LogP contribution in [0.5, 0.6) is 0 Å². The highest BCUT2D eigenvalue weighted by Gasteiger charge is 2.29. The average molecular weight is 292 g/mol. The van der Waals surface area contributed by atoms with Crippen molar-refractivity contribution in [1.29, 1.82) is 0 Å². The number of rotatable bonds is 3. The first-order chi connectivity index (χ1) is 9.65. The molecule has 1 saturated heterocycles. The molecule has 0 unspecified atom stereocenters. The third-order valence-corrected chi connectivity index (χ3v) is 4.46. The lowest BCUT2D eigenvalue weighted by Gasteiger charge is -2.33. The summed E-state index contributed by atoms with van der Waals surface area (Å²) < 4.78 is 4.30. The molecule has 7 heteroatoms. The smallest absolute Gasteiger partial charge is 0.205 e. The summed E-state index contributed by atoms with van der Waals surface area (Å²) in [6.45, 7) is 7.17. The molecular formula is C13H20N6S. The highest BCUT2D eigenvalue weighted by molar-refractivity contribution is 7.09. The van der Waals surface area contributed by atoms with Crippen molar-refractivity contribution in [3.63, 3.8) is 0 Å². The number of nitrogens with zero attached hydrogens (tertiary/aromatic N) is 5. The zero-order valence-electron chi connectivity index (χ0n) is 12.1. The molecule has 2 aromatic rings. The molecule has 1 aliphatic heterocycles. The third kappa shape index (κ3) is 2.54. The maximum atomic E-state index is 4.66. The van der Waals surface area contributed by atoms with E-state index in [0.717, 1.165) is 35.6 Å². The number of H-pyrrole nitrogens is 1. The van der Waals surface area contributed by atoms with Gasteiger partial charge in [0.1, 0.15) is 11.6 Å². The number of aromatic nitrogens is 5. The number of piperidine rings is 1. The van der Waals surface area contributed by atoms with Crippen LogP contribution in [-0.4, -0.2) is 31.1 Å². The van der Waals surface area contributed by atoms with Gasteiger partial charge in [-0.25, -0.2) is 9.97 Å². The predicted molar refractivity (Wildman–Crippen MR) is 79.1 cm³/mol. The van der Waals surface area contributed by atoms with Crippen LogP contribution in [0.2, 0.25) is 0 Å². The van der Waals surface area contributed by atoms with Crippen molar-refractivity contribution in [2.75, 3.05) is 11.4 Å². The second-order valence-electron chi connectivity index (χ2n) is 5.56. The first-order valence-electron chi connectivity index (χ1n) is 7.14. The highest BCUT2D eigenvalue weighted by atomic mass is 32.1. The molecule has 1 fully saturated rings. The Balaban J connectivity index is 1.88. The van der Waals surface area contributed by atoms with Gasteiger partial charge >= 0.3 is 0 Å². The van der Waals surface area contributed by atoms with Crippen LogP contribution in [0.1, 0.15) is 62.5 Å². The van der Waals surface area contributed by atoms with E-state index < -0.39 is 0 Å². The van der Waals surface area contributed by atoms with E-state index >= 15 is 0 Å². The number of nitrogens with one attached hydrogen (secondary N) is 1. The molecular weight excluding hydrogens is 272 g/mol. The summed E-state index contributed by atoms with van der Waals surface area (Å²) in [7, 11) is 0. The molecule has 0 saturated carbocycles. The lowest BCUT2D eigenvalue weighted by molar-refractivity contribution is 0.456. The van der Waals surface area contributed by atoms with Crippen LogP contribution in [-0.2, 0) is 0 Å². The van der Waals surface area contributed by atoms with Crippen molar-refractivity contribution < 1.29 is 0 Å². The van der Waals surface area contributed by atoms with Gasteiger partial charge in [0.15, 0.2) is 5.82 Å². The Labute approximate surface area is 122 Å². The number of aryl methyl sites for hydroxylation is 1. The van der Waals surface area contributed by atoms with Crippen molar-refractivity contribution >= 4 is 16.7 Å². The van der Waals surface area contributed by atoms with Gasteiger partial charge in [0, 0.05) is 24.0 Å². The van der Waals surface area contributed by atoms with Gasteiger partial charge < -0.3 is 4.90 Å². The summed E-state index contributed by atoms with van der Waals surface area (Å²) >= 11 is 1.47. The molecule has 20 heavy (non-hydrogen) atoms. The lowest BCUT2D eigenvalue weighted by atomic mass is 10.0. The normalized spacial score (nSPS) is 19.8. The van der Waals surface area contributed by atoms with Crippen LogP contribution < -0.4 is 4.90 Å². The maximum Gasteiger partial charge on any atom is 0.205 e. The van der Waals surface area contributed by atoms with Crippen molar-refractivity contribution in [3.8, 4) is 0 Å². The summed E-state index contributed by atoms with van der Waals surface area (Å²) in [5.74, 6) is 3.04. The van der Waals surface area contributed by atoms with Crippen LogP contribution in [0.4, 0.5) is 5.13 Å². The van der Waals surface area contributed by atoms with Gasteiger partial charge in [-0.05, 0) is 26.2 Å². The lowest BCUT2D eigenvalue weighted by Crippen LogP contribution is -2.34. The zero-order valence-corrected chi connectivity index (χ0v) is 12.9. The number of anilines is 1. The van der Waals surface area contributed by atoms with Gasteiger partial charge in [0.05, 0.1) is 6.04 Å². The van der Waals surface area contributed by atoms with E-state index in [1.165, 1.54) is 24.4 Å². The summed E-state index contributed by atoms with van der Waals surface area (Å²) in [5.41, 5.74) is 0. The fourth-order valence-electron chi connectivity index (χ4n) is 2.54. The summed E-state index contributed by atoms with van der Waals surface area (Å²) in [5, 5.41) is 8.44. The minimum absolute atomic E-state index is 0.246. The molecule has 1 aliphatic rings. The van der Waals surface area contributed by atoms with Crippen LogP contribution in [0.15, 0.2) is 0 Å². The van der Waals surface area contributed by atoms with Gasteiger partial charge in [-0.15, -0.1) is 0 Å². The molecule has 108 valence electrons. The van der Waals surface area contributed by atoms with E-state index in [4.69, 9.17) is 0 Å². The standard InChI is InChI=1S/C13H20N6S/c1-8(2)11-15-12(17-16-11)10-6-4-5-7-19(10)13-14-9(3)18-20-13/h8,10H,4-7H2,1-3H3,(H,15,16,17)/t10-/m1/s1. The second kappa shape index (κ2) is 5.47. The first kappa shape index (κ1) is 13.5. The quantitative estimate of drug-likeness (QED) is 0.942. The predicted octanol–water partition coefficient (Wildman–Crippen LogP) is 2.82. The largest absolute Gasteiger partial charge is 0.337 e. The van der Waals surface area contributed by atoms with E-state index in [9.17, 15) is 0 Å². The van der Waals surface area contributed by atoms with Gasteiger partial charge in [0.2, 0.25) is 5.13 Å². The number of aromatic amines is 1. The average Bonchev–Trinajstić information content (AvgIpc) is 3.07. The summed E-state index contributed by atoms with van der Waals surface area (Å²) in [6.07, 6.45) is 3.50. The SMILES string of the molecule is Cc1nsc(N2CCCC[C@@H]2c2nc(C(C)C)n[nH]2)n1. The molecule has 2 aromatic heterocycles. The van der Waals surface area contributed by atoms with Crippen molar-refractivity contribution in [2.24, 2.45) is 0 Å². The fraction of sp³-hybridized carbons (Fsp3) is 0.692. The highest BCUT2D eigenvalue weighted by Crippen LogP contribution is 2.34. The maximum absolute atomic E-state index is 4.66. The monoisotopic (exact) mass is 292 g/mol. The van der Waals surface area contributed by atoms with Gasteiger partial charge in [0.25, 0.3) is 0 Å². The second-order valence-corrected chi connectivity index (χ2v) is 6.29. The minimum Gasteiger partial charge on any atom is -0.337 e. The number of hydrogen-bond donors (Lipinski definition) is 1. The Hall–Kier alpha value is -1.50. The van der Waals surface area contributed by atoms with Crippen molar-refractivity contribution in [1.82, 2.24) is 24.5 Å². The molecule has 0 spiro atoms. The Kier molecular flexibility index (Phi) is 3.69. The molecule has 0 radical (unpaired) electrons. The van der Waals surface area contributed by atoms with E-state index in [0.29, 0.717) is 5.92 Å².